The normalized spacial score (nSPS) is 21.8. The number of rotatable bonds is 0. The average Bonchev–Trinajstić information content (AvgIpc) is 2.87. The minimum atomic E-state index is 0. The van der Waals surface area contributed by atoms with Gasteiger partial charge in [0.05, 0.1) is 0 Å². The summed E-state index contributed by atoms with van der Waals surface area (Å²) in [4.78, 5) is 0. The summed E-state index contributed by atoms with van der Waals surface area (Å²) in [5.41, 5.74) is 0. The fraction of sp³-hybridized carbons (Fsp3) is 0.542. The Bertz CT molecular complexity index is 231. The van der Waals surface area contributed by atoms with Crippen molar-refractivity contribution in [1.29, 1.82) is 0 Å². The quantitative estimate of drug-likeness (QED) is 0.195. The van der Waals surface area contributed by atoms with Gasteiger partial charge in [0.25, 0.3) is 0 Å². The van der Waals surface area contributed by atoms with E-state index in [0.717, 1.165) is 0 Å². The zero-order valence-electron chi connectivity index (χ0n) is 20.6. The molecule has 0 aliphatic heterocycles. The molecule has 2 fully saturated rings. The molecule has 4 heteroatoms. The molecule has 0 nitrogen and oxygen atoms in total. The SMILES string of the molecule is C[C]1[C](C)[C](C)[C](C)[C]1C.C[C]1[C](C)[C](C)[C](C)[C]1C.C[Si](C)C.[CH3-].[Cl][Ru+2].[Ru+]. The molecule has 2 rings (SSSR count). The first-order valence-corrected chi connectivity index (χ1v) is 14.4. The Balaban J connectivity index is -0.000000153. The smallest absolute Gasteiger partial charge is 1.00 e. The van der Waals surface area contributed by atoms with Crippen LogP contribution in [-0.4, -0.2) is 8.80 Å². The molecule has 0 atom stereocenters. The van der Waals surface area contributed by atoms with E-state index in [-0.39, 0.29) is 35.7 Å². The van der Waals surface area contributed by atoms with Crippen LogP contribution in [0.3, 0.4) is 0 Å². The molecule has 2 saturated carbocycles. The molecule has 0 unspecified atom stereocenters. The third-order valence-corrected chi connectivity index (χ3v) is 5.62. The van der Waals surface area contributed by atoms with Gasteiger partial charge in [0.2, 0.25) is 0 Å². The Labute approximate surface area is 209 Å². The van der Waals surface area contributed by atoms with E-state index in [1.165, 1.54) is 59.2 Å². The van der Waals surface area contributed by atoms with E-state index in [4.69, 9.17) is 0 Å². The standard InChI is InChI=1S/2C10H15.C3H9Si.CH3.ClH.2Ru/c2*1-6-7(2)9(4)10(5)8(6)3;1-4(2)3;;;;/h2*1-5H3;1-3H3;1H3;1H;;/q;;;-1;;+1;+3/p-1. The molecular formula is C24H42ClRu2Si+2. The van der Waals surface area contributed by atoms with Crippen molar-refractivity contribution in [3.8, 4) is 0 Å². The summed E-state index contributed by atoms with van der Waals surface area (Å²) in [7, 11) is 4.69. The largest absolute Gasteiger partial charge is 1.00 e. The van der Waals surface area contributed by atoms with Gasteiger partial charge in [-0.1, -0.05) is 88.9 Å². The molecule has 0 aromatic carbocycles. The fourth-order valence-electron chi connectivity index (χ4n) is 2.81. The third kappa shape index (κ3) is 11.4. The maximum atomic E-state index is 4.57. The summed E-state index contributed by atoms with van der Waals surface area (Å²) in [6.07, 6.45) is 0. The first-order valence-electron chi connectivity index (χ1n) is 9.13. The van der Waals surface area contributed by atoms with Crippen molar-refractivity contribution in [3.05, 3.63) is 66.6 Å². The predicted octanol–water partition coefficient (Wildman–Crippen LogP) is 8.45. The van der Waals surface area contributed by atoms with E-state index in [9.17, 15) is 0 Å². The van der Waals surface area contributed by atoms with Crippen LogP contribution in [-0.2, 0) is 36.8 Å². The Morgan fingerprint density at radius 1 is 0.429 bits per heavy atom. The van der Waals surface area contributed by atoms with Gasteiger partial charge in [-0.2, -0.15) is 0 Å². The Kier molecular flexibility index (Phi) is 24.3. The van der Waals surface area contributed by atoms with Gasteiger partial charge in [0.1, 0.15) is 0 Å². The molecule has 12 radical (unpaired) electrons. The predicted molar refractivity (Wildman–Crippen MR) is 125 cm³/mol. The van der Waals surface area contributed by atoms with Crippen LogP contribution in [0, 0.1) is 66.6 Å². The minimum Gasteiger partial charge on any atom is 1.00 e. The second-order valence-electron chi connectivity index (χ2n) is 7.75. The van der Waals surface area contributed by atoms with Crippen LogP contribution >= 0.6 is 9.69 Å². The van der Waals surface area contributed by atoms with Crippen molar-refractivity contribution in [2.45, 2.75) is 88.9 Å². The summed E-state index contributed by atoms with van der Waals surface area (Å²) >= 11 is 1.82. The molecule has 2 aliphatic rings. The maximum Gasteiger partial charge on any atom is 1.00 e. The molecule has 0 heterocycles. The summed E-state index contributed by atoms with van der Waals surface area (Å²) < 4.78 is 0. The zero-order chi connectivity index (χ0) is 21.4. The molecular weight excluding hydrogens is 554 g/mol. The number of halogens is 1. The van der Waals surface area contributed by atoms with E-state index in [0.29, 0.717) is 0 Å². The Morgan fingerprint density at radius 2 is 0.464 bits per heavy atom. The molecule has 28 heavy (non-hydrogen) atoms. The molecule has 0 saturated heterocycles. The van der Waals surface area contributed by atoms with Gasteiger partial charge in [-0.05, 0) is 59.2 Å². The van der Waals surface area contributed by atoms with Gasteiger partial charge >= 0.3 is 46.5 Å². The second kappa shape index (κ2) is 18.3. The number of hydrogen-bond acceptors (Lipinski definition) is 0. The van der Waals surface area contributed by atoms with E-state index in [2.05, 4.69) is 98.6 Å². The summed E-state index contributed by atoms with van der Waals surface area (Å²) in [5, 5.41) is 0. The van der Waals surface area contributed by atoms with Crippen molar-refractivity contribution >= 4 is 18.5 Å². The van der Waals surface area contributed by atoms with Crippen LogP contribution in [0.2, 0.25) is 19.6 Å². The van der Waals surface area contributed by atoms with Crippen molar-refractivity contribution < 1.29 is 36.8 Å². The molecule has 0 spiro atoms. The molecule has 163 valence electrons. The van der Waals surface area contributed by atoms with Crippen molar-refractivity contribution in [3.63, 3.8) is 0 Å². The van der Waals surface area contributed by atoms with Crippen molar-refractivity contribution in [2.24, 2.45) is 0 Å². The average molecular weight is 596 g/mol. The number of hydrogen-bond donors (Lipinski definition) is 0. The van der Waals surface area contributed by atoms with Gasteiger partial charge in [0, 0.05) is 8.80 Å². The Morgan fingerprint density at radius 3 is 0.500 bits per heavy atom. The fourth-order valence-corrected chi connectivity index (χ4v) is 2.81. The molecule has 2 aliphatic carbocycles. The van der Waals surface area contributed by atoms with Gasteiger partial charge in [0.15, 0.2) is 0 Å². The van der Waals surface area contributed by atoms with Crippen LogP contribution in [0.1, 0.15) is 69.2 Å². The van der Waals surface area contributed by atoms with Crippen LogP contribution < -0.4 is 0 Å². The third-order valence-electron chi connectivity index (χ3n) is 5.62. The van der Waals surface area contributed by atoms with Gasteiger partial charge < -0.3 is 7.43 Å². The van der Waals surface area contributed by atoms with Gasteiger partial charge in [-0.3, -0.25) is 0 Å². The molecule has 0 aromatic rings. The summed E-state index contributed by atoms with van der Waals surface area (Å²) in [6.45, 7) is 28.8. The van der Waals surface area contributed by atoms with Crippen LogP contribution in [0.5, 0.6) is 0 Å². The molecule has 0 bridgehead atoms. The van der Waals surface area contributed by atoms with Crippen molar-refractivity contribution in [2.75, 3.05) is 0 Å². The maximum absolute atomic E-state index is 4.57. The zero-order valence-corrected chi connectivity index (χ0v) is 25.8. The summed E-state index contributed by atoms with van der Waals surface area (Å²) in [6, 6.07) is 0. The summed E-state index contributed by atoms with van der Waals surface area (Å²) in [5.74, 6) is 14.7. The second-order valence-corrected chi connectivity index (χ2v) is 10.8. The van der Waals surface area contributed by atoms with Gasteiger partial charge in [-0.15, -0.1) is 0 Å². The van der Waals surface area contributed by atoms with E-state index in [1.807, 2.05) is 17.3 Å². The first-order chi connectivity index (χ1) is 11.8. The van der Waals surface area contributed by atoms with Crippen LogP contribution in [0.25, 0.3) is 0 Å². The molecule has 0 amide bonds. The topological polar surface area (TPSA) is 0 Å². The molecule has 0 N–H and O–H groups in total. The van der Waals surface area contributed by atoms with E-state index < -0.39 is 0 Å². The first kappa shape index (κ1) is 37.1. The Hall–Kier alpha value is 1.75. The molecule has 0 aromatic heterocycles. The van der Waals surface area contributed by atoms with E-state index in [1.54, 1.807) is 0 Å². The van der Waals surface area contributed by atoms with E-state index >= 15 is 0 Å². The monoisotopic (exact) mass is 597 g/mol. The van der Waals surface area contributed by atoms with Crippen LogP contribution in [0.15, 0.2) is 0 Å². The minimum absolute atomic E-state index is 0. The van der Waals surface area contributed by atoms with Crippen LogP contribution in [0.4, 0.5) is 0 Å². The van der Waals surface area contributed by atoms with Gasteiger partial charge in [-0.25, -0.2) is 0 Å². The van der Waals surface area contributed by atoms with Crippen molar-refractivity contribution in [1.82, 2.24) is 0 Å².